The predicted octanol–water partition coefficient (Wildman–Crippen LogP) is 5.53. The molecule has 0 bridgehead atoms. The molecule has 0 amide bonds. The lowest BCUT2D eigenvalue weighted by atomic mass is 9.94. The van der Waals surface area contributed by atoms with Crippen molar-refractivity contribution in [3.8, 4) is 0 Å². The number of nitrogens with one attached hydrogen (secondary N) is 1. The average Bonchev–Trinajstić information content (AvgIpc) is 2.91. The largest absolute Gasteiger partial charge is 0.354 e. The van der Waals surface area contributed by atoms with Gasteiger partial charge < -0.3 is 4.98 Å². The Morgan fingerprint density at radius 1 is 0.818 bits per heavy atom. The van der Waals surface area contributed by atoms with Crippen molar-refractivity contribution in [2.75, 3.05) is 0 Å². The average molecular weight is 285 g/mol. The minimum absolute atomic E-state index is 0.970. The number of fused-ring (bicyclic) bond motifs is 3. The summed E-state index contributed by atoms with van der Waals surface area (Å²) in [7, 11) is 0. The van der Waals surface area contributed by atoms with Gasteiger partial charge in [0.15, 0.2) is 0 Å². The Labute approximate surface area is 130 Å². The van der Waals surface area contributed by atoms with Gasteiger partial charge >= 0.3 is 0 Å². The van der Waals surface area contributed by atoms with Gasteiger partial charge in [-0.2, -0.15) is 0 Å². The number of aromatic nitrogens is 1. The lowest BCUT2D eigenvalue weighted by Gasteiger charge is -2.11. The van der Waals surface area contributed by atoms with Crippen LogP contribution in [0.3, 0.4) is 0 Å². The molecule has 0 aliphatic heterocycles. The van der Waals surface area contributed by atoms with E-state index >= 15 is 0 Å². The normalized spacial score (nSPS) is 11.4. The van der Waals surface area contributed by atoms with Gasteiger partial charge in [-0.25, -0.2) is 0 Å². The van der Waals surface area contributed by atoms with Gasteiger partial charge in [0.25, 0.3) is 0 Å². The second-order valence-electron chi connectivity index (χ2n) is 6.05. The summed E-state index contributed by atoms with van der Waals surface area (Å²) in [4.78, 5) is 3.63. The molecule has 0 fully saturated rings. The van der Waals surface area contributed by atoms with Crippen LogP contribution in [0.2, 0.25) is 0 Å². The van der Waals surface area contributed by atoms with Gasteiger partial charge in [-0.15, -0.1) is 0 Å². The highest BCUT2D eigenvalue weighted by molar-refractivity contribution is 6.08. The molecule has 108 valence electrons. The molecule has 1 nitrogen and oxygen atoms in total. The molecule has 1 heterocycles. The van der Waals surface area contributed by atoms with Crippen LogP contribution in [-0.4, -0.2) is 4.98 Å². The van der Waals surface area contributed by atoms with E-state index in [1.165, 1.54) is 44.1 Å². The first-order chi connectivity index (χ1) is 10.7. The third kappa shape index (κ3) is 2.01. The quantitative estimate of drug-likeness (QED) is 0.498. The van der Waals surface area contributed by atoms with E-state index < -0.39 is 0 Å². The van der Waals surface area contributed by atoms with Gasteiger partial charge in [0, 0.05) is 16.3 Å². The lowest BCUT2D eigenvalue weighted by Crippen LogP contribution is -1.96. The monoisotopic (exact) mass is 285 g/mol. The number of benzene rings is 3. The first-order valence-electron chi connectivity index (χ1n) is 7.77. The molecular weight excluding hydrogens is 266 g/mol. The van der Waals surface area contributed by atoms with E-state index in [1.807, 2.05) is 0 Å². The van der Waals surface area contributed by atoms with Gasteiger partial charge in [-0.1, -0.05) is 48.5 Å². The fraction of sp³-hybridized carbons (Fsp3) is 0.143. The van der Waals surface area contributed by atoms with Crippen LogP contribution in [0.5, 0.6) is 0 Å². The summed E-state index contributed by atoms with van der Waals surface area (Å²) >= 11 is 0. The highest BCUT2D eigenvalue weighted by Gasteiger charge is 2.13. The maximum Gasteiger partial charge on any atom is 0.0503 e. The van der Waals surface area contributed by atoms with Crippen molar-refractivity contribution < 1.29 is 0 Å². The summed E-state index contributed by atoms with van der Waals surface area (Å²) in [5.74, 6) is 0. The second kappa shape index (κ2) is 5.03. The van der Waals surface area contributed by atoms with Crippen LogP contribution in [0.15, 0.2) is 60.7 Å². The summed E-state index contributed by atoms with van der Waals surface area (Å²) in [5, 5.41) is 2.65. The maximum absolute atomic E-state index is 3.63. The second-order valence-corrected chi connectivity index (χ2v) is 6.05. The van der Waals surface area contributed by atoms with Crippen molar-refractivity contribution in [2.24, 2.45) is 0 Å². The highest BCUT2D eigenvalue weighted by Crippen LogP contribution is 2.32. The van der Waals surface area contributed by atoms with Crippen molar-refractivity contribution in [2.45, 2.75) is 20.3 Å². The zero-order chi connectivity index (χ0) is 15.1. The molecule has 0 aliphatic rings. The molecule has 0 saturated carbocycles. The Hall–Kier alpha value is -2.54. The molecule has 0 saturated heterocycles. The number of aryl methyl sites for hydroxylation is 1. The van der Waals surface area contributed by atoms with Crippen LogP contribution >= 0.6 is 0 Å². The molecule has 1 N–H and O–H groups in total. The first kappa shape index (κ1) is 13.1. The summed E-state index contributed by atoms with van der Waals surface area (Å²) in [5.41, 5.74) is 8.03. The summed E-state index contributed by atoms with van der Waals surface area (Å²) in [6, 6.07) is 21.6. The van der Waals surface area contributed by atoms with Gasteiger partial charge in [0.1, 0.15) is 0 Å². The van der Waals surface area contributed by atoms with E-state index in [1.54, 1.807) is 0 Å². The van der Waals surface area contributed by atoms with Crippen LogP contribution in [0, 0.1) is 13.8 Å². The van der Waals surface area contributed by atoms with Gasteiger partial charge in [0.05, 0.1) is 5.52 Å². The Kier molecular flexibility index (Phi) is 3.00. The van der Waals surface area contributed by atoms with Crippen LogP contribution in [0.1, 0.15) is 22.3 Å². The van der Waals surface area contributed by atoms with Crippen molar-refractivity contribution in [3.63, 3.8) is 0 Å². The highest BCUT2D eigenvalue weighted by atomic mass is 14.7. The molecule has 1 heteroatoms. The van der Waals surface area contributed by atoms with Gasteiger partial charge in [-0.05, 0) is 54.7 Å². The Bertz CT molecular complexity index is 961. The zero-order valence-electron chi connectivity index (χ0n) is 13.0. The number of para-hydroxylation sites is 1. The number of aromatic amines is 1. The first-order valence-corrected chi connectivity index (χ1v) is 7.77. The Balaban J connectivity index is 2.01. The topological polar surface area (TPSA) is 15.8 Å². The molecular formula is C21H19N. The van der Waals surface area contributed by atoms with E-state index in [0.29, 0.717) is 0 Å². The standard InChI is InChI=1S/C21H19N/c1-14-12-19-17-10-6-7-11-20(17)22-21(19)18(15(14)2)13-16-8-4-3-5-9-16/h3-12,22H,13H2,1-2H3. The minimum atomic E-state index is 0.970. The van der Waals surface area contributed by atoms with E-state index in [9.17, 15) is 0 Å². The third-order valence-electron chi connectivity index (χ3n) is 4.68. The van der Waals surface area contributed by atoms with Crippen molar-refractivity contribution in [1.82, 2.24) is 4.98 Å². The zero-order valence-corrected chi connectivity index (χ0v) is 13.0. The molecule has 0 atom stereocenters. The molecule has 0 radical (unpaired) electrons. The van der Waals surface area contributed by atoms with Crippen LogP contribution in [-0.2, 0) is 6.42 Å². The maximum atomic E-state index is 3.63. The third-order valence-corrected chi connectivity index (χ3v) is 4.68. The molecule has 22 heavy (non-hydrogen) atoms. The van der Waals surface area contributed by atoms with Crippen LogP contribution in [0.4, 0.5) is 0 Å². The molecule has 4 aromatic rings. The number of rotatable bonds is 2. The van der Waals surface area contributed by atoms with Crippen LogP contribution in [0.25, 0.3) is 21.8 Å². The number of hydrogen-bond donors (Lipinski definition) is 1. The smallest absolute Gasteiger partial charge is 0.0503 e. The van der Waals surface area contributed by atoms with E-state index in [-0.39, 0.29) is 0 Å². The summed E-state index contributed by atoms with van der Waals surface area (Å²) in [6.07, 6.45) is 0.970. The fourth-order valence-electron chi connectivity index (χ4n) is 3.32. The molecule has 0 aliphatic carbocycles. The van der Waals surface area contributed by atoms with E-state index in [2.05, 4.69) is 79.5 Å². The minimum Gasteiger partial charge on any atom is -0.354 e. The summed E-state index contributed by atoms with van der Waals surface area (Å²) < 4.78 is 0. The molecule has 0 unspecified atom stereocenters. The molecule has 1 aromatic heterocycles. The predicted molar refractivity (Wildman–Crippen MR) is 94.5 cm³/mol. The van der Waals surface area contributed by atoms with E-state index in [4.69, 9.17) is 0 Å². The van der Waals surface area contributed by atoms with Crippen molar-refractivity contribution in [1.29, 1.82) is 0 Å². The van der Waals surface area contributed by atoms with Crippen molar-refractivity contribution in [3.05, 3.63) is 82.9 Å². The molecule has 0 spiro atoms. The Morgan fingerprint density at radius 3 is 2.36 bits per heavy atom. The SMILES string of the molecule is Cc1cc2c([nH]c3ccccc32)c(Cc2ccccc2)c1C. The number of H-pyrrole nitrogens is 1. The lowest BCUT2D eigenvalue weighted by molar-refractivity contribution is 1.15. The Morgan fingerprint density at radius 2 is 1.55 bits per heavy atom. The molecule has 4 rings (SSSR count). The van der Waals surface area contributed by atoms with Gasteiger partial charge in [-0.3, -0.25) is 0 Å². The fourth-order valence-corrected chi connectivity index (χ4v) is 3.32. The van der Waals surface area contributed by atoms with E-state index in [0.717, 1.165) is 6.42 Å². The molecule has 3 aromatic carbocycles. The summed E-state index contributed by atoms with van der Waals surface area (Å²) in [6.45, 7) is 4.45. The van der Waals surface area contributed by atoms with Gasteiger partial charge in [0.2, 0.25) is 0 Å². The van der Waals surface area contributed by atoms with Crippen LogP contribution < -0.4 is 0 Å². The van der Waals surface area contributed by atoms with Crippen molar-refractivity contribution >= 4 is 21.8 Å². The number of hydrogen-bond acceptors (Lipinski definition) is 0.